The molecule has 0 radical (unpaired) electrons. The van der Waals surface area contributed by atoms with Crippen molar-refractivity contribution < 1.29 is 39.2 Å². The minimum Gasteiger partial charge on any atom is -0.481 e. The fraction of sp³-hybridized carbons (Fsp3) is 0.273. The molecule has 0 unspecified atom stereocenters. The van der Waals surface area contributed by atoms with Crippen LogP contribution in [-0.2, 0) is 23.9 Å². The van der Waals surface area contributed by atoms with E-state index in [1.54, 1.807) is 0 Å². The van der Waals surface area contributed by atoms with E-state index in [1.807, 2.05) is 0 Å². The lowest BCUT2D eigenvalue weighted by atomic mass is 10.2. The van der Waals surface area contributed by atoms with Crippen molar-refractivity contribution in [2.45, 2.75) is 12.8 Å². The monoisotopic (exact) mass is 274 g/mol. The molecule has 0 bridgehead atoms. The number of rotatable bonds is 6. The van der Waals surface area contributed by atoms with Crippen molar-refractivity contribution in [2.24, 2.45) is 0 Å². The third-order valence-electron chi connectivity index (χ3n) is 1.51. The second-order valence-electron chi connectivity index (χ2n) is 3.14. The summed E-state index contributed by atoms with van der Waals surface area (Å²) >= 11 is 0. The van der Waals surface area contributed by atoms with Gasteiger partial charge in [0.1, 0.15) is 0 Å². The maximum atomic E-state index is 10.5. The van der Waals surface area contributed by atoms with Crippen LogP contribution < -0.4 is 0 Å². The van der Waals surface area contributed by atoms with Gasteiger partial charge in [-0.25, -0.2) is 9.59 Å². The smallest absolute Gasteiger partial charge is 0.333 e. The standard InChI is InChI=1S/C6H8O4.C5H6O4/c1-4(3-5(7)8)6(9)10-2;1-3(5(8)9)2-4(6)7/h1,3H2,2H3,(H,7,8);1-2H2,(H,6,7)(H,8,9). The summed E-state index contributed by atoms with van der Waals surface area (Å²) < 4.78 is 4.21. The van der Waals surface area contributed by atoms with Crippen molar-refractivity contribution >= 4 is 23.9 Å². The molecule has 0 rings (SSSR count). The number of esters is 1. The summed E-state index contributed by atoms with van der Waals surface area (Å²) in [5.74, 6) is -4.21. The van der Waals surface area contributed by atoms with Gasteiger partial charge < -0.3 is 20.1 Å². The quantitative estimate of drug-likeness (QED) is 0.464. The number of carboxylic acids is 3. The van der Waals surface area contributed by atoms with Crippen LogP contribution in [0.3, 0.4) is 0 Å². The predicted octanol–water partition coefficient (Wildman–Crippen LogP) is 0.292. The van der Waals surface area contributed by atoms with Crippen LogP contribution in [0.15, 0.2) is 24.3 Å². The van der Waals surface area contributed by atoms with Crippen molar-refractivity contribution in [1.82, 2.24) is 0 Å². The highest BCUT2D eigenvalue weighted by molar-refractivity contribution is 5.92. The third kappa shape index (κ3) is 11.6. The Hall–Kier alpha value is -2.64. The molecule has 0 aliphatic heterocycles. The second kappa shape index (κ2) is 9.40. The van der Waals surface area contributed by atoms with Crippen LogP contribution in [0, 0.1) is 0 Å². The molecule has 3 N–H and O–H groups in total. The first kappa shape index (κ1) is 18.7. The Bertz CT molecular complexity index is 407. The zero-order chi connectivity index (χ0) is 15.6. The van der Waals surface area contributed by atoms with Gasteiger partial charge in [0.15, 0.2) is 0 Å². The Morgan fingerprint density at radius 3 is 1.47 bits per heavy atom. The number of carbonyl (C=O) groups excluding carboxylic acids is 1. The fourth-order valence-electron chi connectivity index (χ4n) is 0.657. The molecular formula is C11H14O8. The van der Waals surface area contributed by atoms with E-state index in [4.69, 9.17) is 15.3 Å². The highest BCUT2D eigenvalue weighted by Crippen LogP contribution is 1.98. The highest BCUT2D eigenvalue weighted by Gasteiger charge is 2.09. The van der Waals surface area contributed by atoms with Crippen LogP contribution in [0.4, 0.5) is 0 Å². The van der Waals surface area contributed by atoms with Gasteiger partial charge in [0.05, 0.1) is 20.0 Å². The number of methoxy groups -OCH3 is 1. The van der Waals surface area contributed by atoms with E-state index < -0.39 is 30.3 Å². The van der Waals surface area contributed by atoms with Crippen LogP contribution in [0.1, 0.15) is 12.8 Å². The largest absolute Gasteiger partial charge is 0.481 e. The molecule has 0 fully saturated rings. The van der Waals surface area contributed by atoms with Gasteiger partial charge in [-0.2, -0.15) is 0 Å². The number of hydrogen-bond donors (Lipinski definition) is 3. The summed E-state index contributed by atoms with van der Waals surface area (Å²) in [6, 6.07) is 0. The van der Waals surface area contributed by atoms with Gasteiger partial charge in [0.2, 0.25) is 0 Å². The lowest BCUT2D eigenvalue weighted by molar-refractivity contribution is -0.141. The van der Waals surface area contributed by atoms with Gasteiger partial charge in [-0.05, 0) is 0 Å². The normalized spacial score (nSPS) is 8.47. The summed E-state index contributed by atoms with van der Waals surface area (Å²) in [4.78, 5) is 40.1. The van der Waals surface area contributed by atoms with Crippen LogP contribution in [-0.4, -0.2) is 46.3 Å². The Kier molecular flexibility index (Phi) is 9.26. The van der Waals surface area contributed by atoms with Crippen molar-refractivity contribution in [3.05, 3.63) is 24.3 Å². The first-order chi connectivity index (χ1) is 8.61. The van der Waals surface area contributed by atoms with Crippen molar-refractivity contribution in [3.8, 4) is 0 Å². The number of ether oxygens (including phenoxy) is 1. The van der Waals surface area contributed by atoms with E-state index in [1.165, 1.54) is 7.11 Å². The van der Waals surface area contributed by atoms with Gasteiger partial charge >= 0.3 is 23.9 Å². The topological polar surface area (TPSA) is 138 Å². The van der Waals surface area contributed by atoms with Gasteiger partial charge in [-0.15, -0.1) is 0 Å². The van der Waals surface area contributed by atoms with Gasteiger partial charge in [-0.3, -0.25) is 9.59 Å². The predicted molar refractivity (Wildman–Crippen MR) is 62.4 cm³/mol. The molecule has 0 saturated carbocycles. The van der Waals surface area contributed by atoms with E-state index in [2.05, 4.69) is 17.9 Å². The summed E-state index contributed by atoms with van der Waals surface area (Å²) in [6.45, 7) is 6.22. The molecule has 0 heterocycles. The molecular weight excluding hydrogens is 260 g/mol. The Balaban J connectivity index is 0. The zero-order valence-corrected chi connectivity index (χ0v) is 10.2. The molecule has 106 valence electrons. The number of carboxylic acid groups (broad SMARTS) is 3. The van der Waals surface area contributed by atoms with Gasteiger partial charge in [0, 0.05) is 11.1 Å². The Morgan fingerprint density at radius 2 is 1.26 bits per heavy atom. The van der Waals surface area contributed by atoms with Crippen molar-refractivity contribution in [1.29, 1.82) is 0 Å². The molecule has 0 amide bonds. The van der Waals surface area contributed by atoms with E-state index >= 15 is 0 Å². The fourth-order valence-corrected chi connectivity index (χ4v) is 0.657. The van der Waals surface area contributed by atoms with E-state index in [-0.39, 0.29) is 17.6 Å². The first-order valence-electron chi connectivity index (χ1n) is 4.72. The molecule has 0 aromatic heterocycles. The average molecular weight is 274 g/mol. The van der Waals surface area contributed by atoms with E-state index in [0.717, 1.165) is 0 Å². The first-order valence-corrected chi connectivity index (χ1v) is 4.72. The lowest BCUT2D eigenvalue weighted by Crippen LogP contribution is -2.07. The molecule has 19 heavy (non-hydrogen) atoms. The van der Waals surface area contributed by atoms with Gasteiger partial charge in [0.25, 0.3) is 0 Å². The number of aliphatic carboxylic acids is 3. The molecule has 0 atom stereocenters. The molecule has 8 heteroatoms. The minimum atomic E-state index is -1.27. The minimum absolute atomic E-state index is 0.0463. The molecule has 8 nitrogen and oxygen atoms in total. The maximum Gasteiger partial charge on any atom is 0.333 e. The molecule has 0 aliphatic rings. The van der Waals surface area contributed by atoms with E-state index in [9.17, 15) is 19.2 Å². The summed E-state index contributed by atoms with van der Waals surface area (Å²) in [5, 5.41) is 24.2. The molecule has 0 saturated heterocycles. The zero-order valence-electron chi connectivity index (χ0n) is 10.2. The molecule has 0 aromatic rings. The molecule has 0 aromatic carbocycles. The Morgan fingerprint density at radius 1 is 0.895 bits per heavy atom. The Labute approximate surface area is 108 Å². The number of carbonyl (C=O) groups is 4. The van der Waals surface area contributed by atoms with Crippen molar-refractivity contribution in [2.75, 3.05) is 7.11 Å². The molecule has 0 spiro atoms. The lowest BCUT2D eigenvalue weighted by Gasteiger charge is -1.97. The van der Waals surface area contributed by atoms with Crippen LogP contribution in [0.2, 0.25) is 0 Å². The summed E-state index contributed by atoms with van der Waals surface area (Å²) in [7, 11) is 1.18. The maximum absolute atomic E-state index is 10.5. The van der Waals surface area contributed by atoms with Crippen LogP contribution in [0.5, 0.6) is 0 Å². The third-order valence-corrected chi connectivity index (χ3v) is 1.51. The van der Waals surface area contributed by atoms with Gasteiger partial charge in [-0.1, -0.05) is 13.2 Å². The number of hydrogen-bond acceptors (Lipinski definition) is 5. The van der Waals surface area contributed by atoms with Crippen LogP contribution >= 0.6 is 0 Å². The summed E-state index contributed by atoms with van der Waals surface area (Å²) in [6.07, 6.45) is -0.873. The molecule has 0 aliphatic carbocycles. The average Bonchev–Trinajstić information content (AvgIpc) is 2.26. The second-order valence-corrected chi connectivity index (χ2v) is 3.14. The summed E-state index contributed by atoms with van der Waals surface area (Å²) in [5.41, 5.74) is -0.350. The van der Waals surface area contributed by atoms with Crippen molar-refractivity contribution in [3.63, 3.8) is 0 Å². The van der Waals surface area contributed by atoms with Crippen LogP contribution in [0.25, 0.3) is 0 Å². The van der Waals surface area contributed by atoms with E-state index in [0.29, 0.717) is 0 Å². The SMILES string of the molecule is C=C(CC(=O)O)C(=O)O.C=C(CC(=O)O)C(=O)OC. The highest BCUT2D eigenvalue weighted by atomic mass is 16.5.